The van der Waals surface area contributed by atoms with Crippen LogP contribution in [-0.4, -0.2) is 113 Å². The van der Waals surface area contributed by atoms with Crippen molar-refractivity contribution in [1.29, 1.82) is 0 Å². The number of aliphatic carboxylic acids is 1. The van der Waals surface area contributed by atoms with Crippen molar-refractivity contribution in [2.75, 3.05) is 13.2 Å². The predicted molar refractivity (Wildman–Crippen MR) is 74.0 cm³/mol. The Kier molecular flexibility index (Phi) is 9.29. The van der Waals surface area contributed by atoms with E-state index in [9.17, 15) is 9.59 Å². The lowest BCUT2D eigenvalue weighted by molar-refractivity contribution is -0.164. The smallest absolute Gasteiger partial charge is 0.377 e. The Balaban J connectivity index is 0.000000462. The van der Waals surface area contributed by atoms with E-state index in [1.54, 1.807) is 0 Å². The van der Waals surface area contributed by atoms with Crippen LogP contribution in [0.25, 0.3) is 0 Å². The summed E-state index contributed by atoms with van der Waals surface area (Å²) in [7, 11) is 0. The van der Waals surface area contributed by atoms with Gasteiger partial charge in [0.25, 0.3) is 0 Å². The molecule has 1 aliphatic rings. The van der Waals surface area contributed by atoms with Gasteiger partial charge in [-0.2, -0.15) is 0 Å². The van der Waals surface area contributed by atoms with Crippen molar-refractivity contribution in [2.24, 2.45) is 0 Å². The van der Waals surface area contributed by atoms with Crippen molar-refractivity contribution >= 4 is 11.9 Å². The van der Waals surface area contributed by atoms with Gasteiger partial charge in [-0.15, -0.1) is 0 Å². The predicted octanol–water partition coefficient (Wildman–Crippen LogP) is -4.90. The fourth-order valence-electron chi connectivity index (χ4n) is 1.49. The van der Waals surface area contributed by atoms with Crippen molar-refractivity contribution in [3.05, 3.63) is 11.5 Å². The second kappa shape index (κ2) is 10.1. The number of esters is 1. The average Bonchev–Trinajstić information content (AvgIpc) is 2.86. The lowest BCUT2D eigenvalue weighted by atomic mass is 10.0. The molecule has 0 spiro atoms. The zero-order valence-electron chi connectivity index (χ0n) is 12.6. The second-order valence-electron chi connectivity index (χ2n) is 4.82. The van der Waals surface area contributed by atoms with Crippen molar-refractivity contribution in [2.45, 2.75) is 36.6 Å². The average molecular weight is 372 g/mol. The molecule has 25 heavy (non-hydrogen) atoms. The van der Waals surface area contributed by atoms with Crippen LogP contribution < -0.4 is 0 Å². The minimum atomic E-state index is -2.20. The van der Waals surface area contributed by atoms with Crippen LogP contribution in [0.1, 0.15) is 0 Å². The molecule has 13 nitrogen and oxygen atoms in total. The Labute approximate surface area is 139 Å². The molecule has 0 aromatic carbocycles. The summed E-state index contributed by atoms with van der Waals surface area (Å²) in [5.74, 6) is -4.50. The van der Waals surface area contributed by atoms with Crippen molar-refractivity contribution in [3.63, 3.8) is 0 Å². The quantitative estimate of drug-likeness (QED) is 0.188. The zero-order chi connectivity index (χ0) is 19.9. The molecular formula is C12H20O13. The number of carbonyl (C=O) groups is 2. The number of carboxylic acids is 1. The number of hydrogen-bond donors (Lipinski definition) is 10. The number of cyclic esters (lactones) is 1. The number of carboxylic acid groups (broad SMARTS) is 1. The molecule has 0 saturated carbocycles. The van der Waals surface area contributed by atoms with Crippen LogP contribution in [0, 0.1) is 0 Å². The lowest BCUT2D eigenvalue weighted by Crippen LogP contribution is -2.48. The van der Waals surface area contributed by atoms with Crippen LogP contribution >= 0.6 is 0 Å². The Morgan fingerprint density at radius 2 is 1.52 bits per heavy atom. The Morgan fingerprint density at radius 3 is 1.84 bits per heavy atom. The van der Waals surface area contributed by atoms with Gasteiger partial charge in [-0.1, -0.05) is 0 Å². The van der Waals surface area contributed by atoms with Gasteiger partial charge in [-0.25, -0.2) is 9.59 Å². The first-order chi connectivity index (χ1) is 11.5. The molecule has 10 N–H and O–H groups in total. The second-order valence-corrected chi connectivity index (χ2v) is 4.82. The maximum Gasteiger partial charge on any atom is 0.377 e. The third-order valence-corrected chi connectivity index (χ3v) is 2.98. The van der Waals surface area contributed by atoms with Crippen LogP contribution in [-0.2, 0) is 14.3 Å². The van der Waals surface area contributed by atoms with Gasteiger partial charge in [-0.05, 0) is 0 Å². The minimum Gasteiger partial charge on any atom is -0.505 e. The van der Waals surface area contributed by atoms with Gasteiger partial charge in [0.2, 0.25) is 5.76 Å². The molecule has 13 heteroatoms. The summed E-state index contributed by atoms with van der Waals surface area (Å²) >= 11 is 0. The Morgan fingerprint density at radius 1 is 1.00 bits per heavy atom. The fourth-order valence-corrected chi connectivity index (χ4v) is 1.49. The lowest BCUT2D eigenvalue weighted by Gasteiger charge is -2.23. The highest BCUT2D eigenvalue weighted by atomic mass is 16.6. The maximum absolute atomic E-state index is 10.5. The largest absolute Gasteiger partial charge is 0.505 e. The normalized spacial score (nSPS) is 23.0. The van der Waals surface area contributed by atoms with E-state index in [0.29, 0.717) is 0 Å². The van der Waals surface area contributed by atoms with E-state index in [1.165, 1.54) is 0 Å². The molecule has 0 amide bonds. The number of ether oxygens (including phenoxy) is 1. The molecule has 0 fully saturated rings. The molecule has 4 unspecified atom stereocenters. The first kappa shape index (κ1) is 23.0. The molecule has 0 bridgehead atoms. The molecule has 0 saturated heterocycles. The van der Waals surface area contributed by atoms with Gasteiger partial charge in [0.1, 0.15) is 24.4 Å². The van der Waals surface area contributed by atoms with Crippen LogP contribution in [0.4, 0.5) is 0 Å². The molecule has 1 aliphatic heterocycles. The van der Waals surface area contributed by atoms with E-state index in [2.05, 4.69) is 4.74 Å². The first-order valence-corrected chi connectivity index (χ1v) is 6.67. The summed E-state index contributed by atoms with van der Waals surface area (Å²) in [4.78, 5) is 20.6. The monoisotopic (exact) mass is 372 g/mol. The van der Waals surface area contributed by atoms with E-state index in [1.807, 2.05) is 0 Å². The van der Waals surface area contributed by atoms with Crippen LogP contribution in [0.2, 0.25) is 0 Å². The van der Waals surface area contributed by atoms with Crippen LogP contribution in [0.3, 0.4) is 0 Å². The number of rotatable bonds is 7. The zero-order valence-corrected chi connectivity index (χ0v) is 12.6. The van der Waals surface area contributed by atoms with Crippen molar-refractivity contribution < 1.29 is 65.4 Å². The highest BCUT2D eigenvalue weighted by Crippen LogP contribution is 2.20. The van der Waals surface area contributed by atoms with E-state index >= 15 is 0 Å². The van der Waals surface area contributed by atoms with Gasteiger partial charge in [0.05, 0.1) is 13.2 Å². The number of hydrogen-bond acceptors (Lipinski definition) is 12. The molecule has 1 rings (SSSR count). The number of aliphatic hydroxyl groups excluding tert-OH is 9. The molecule has 0 aliphatic carbocycles. The standard InChI is InChI=1S/C6H12O7.C6H8O6/c7-1-2(8)3(9)4(10)5(11)6(12)13;7-1-2(8)5-3(9)4(10)6(11)12-5/h2-5,7-11H,1H2,(H,12,13);2,5,7-10H,1H2/t;2-,5+/m.0/s1. The Bertz CT molecular complexity index is 489. The Hall–Kier alpha value is -2.00. The SMILES string of the molecule is O=C(O)C(O)C(O)C(O)C(O)CO.O=C1O[C@H]([C@@H](O)CO)C(O)=C1O. The topological polar surface area (TPSA) is 246 Å². The summed E-state index contributed by atoms with van der Waals surface area (Å²) in [6.45, 7) is -1.51. The third-order valence-electron chi connectivity index (χ3n) is 2.98. The molecular weight excluding hydrogens is 352 g/mol. The van der Waals surface area contributed by atoms with E-state index < -0.39 is 73.3 Å². The highest BCUT2D eigenvalue weighted by molar-refractivity contribution is 5.89. The van der Waals surface area contributed by atoms with Gasteiger partial charge >= 0.3 is 11.9 Å². The van der Waals surface area contributed by atoms with Crippen LogP contribution in [0.15, 0.2) is 11.5 Å². The summed E-state index contributed by atoms with van der Waals surface area (Å²) in [6.07, 6.45) is -10.6. The fraction of sp³-hybridized carbons (Fsp3) is 0.667. The molecule has 6 atom stereocenters. The van der Waals surface area contributed by atoms with Gasteiger partial charge in [0, 0.05) is 0 Å². The van der Waals surface area contributed by atoms with Gasteiger partial charge in [0.15, 0.2) is 18.0 Å². The molecule has 0 aromatic rings. The summed E-state index contributed by atoms with van der Waals surface area (Å²) in [5.41, 5.74) is 0. The summed E-state index contributed by atoms with van der Waals surface area (Å²) < 4.78 is 4.32. The van der Waals surface area contributed by atoms with E-state index in [4.69, 9.17) is 51.1 Å². The minimum absolute atomic E-state index is 0.671. The van der Waals surface area contributed by atoms with Crippen molar-refractivity contribution in [1.82, 2.24) is 0 Å². The molecule has 0 radical (unpaired) electrons. The van der Waals surface area contributed by atoms with Crippen LogP contribution in [0.5, 0.6) is 0 Å². The highest BCUT2D eigenvalue weighted by Gasteiger charge is 2.38. The molecule has 1 heterocycles. The van der Waals surface area contributed by atoms with Gasteiger partial charge < -0.3 is 55.8 Å². The molecule has 146 valence electrons. The van der Waals surface area contributed by atoms with E-state index in [-0.39, 0.29) is 0 Å². The number of carbonyl (C=O) groups excluding carboxylic acids is 1. The first-order valence-electron chi connectivity index (χ1n) is 6.67. The maximum atomic E-state index is 10.5. The summed E-state index contributed by atoms with van der Waals surface area (Å²) in [5, 5.41) is 86.9. The third kappa shape index (κ3) is 6.09. The van der Waals surface area contributed by atoms with Crippen molar-refractivity contribution in [3.8, 4) is 0 Å². The van der Waals surface area contributed by atoms with Gasteiger partial charge in [-0.3, -0.25) is 0 Å². The van der Waals surface area contributed by atoms with E-state index in [0.717, 1.165) is 0 Å². The molecule has 0 aromatic heterocycles. The number of aliphatic hydroxyl groups is 9. The summed E-state index contributed by atoms with van der Waals surface area (Å²) in [6, 6.07) is 0.